The lowest BCUT2D eigenvalue weighted by molar-refractivity contribution is 0.215. The Morgan fingerprint density at radius 3 is 2.57 bits per heavy atom. The lowest BCUT2D eigenvalue weighted by Crippen LogP contribution is -2.31. The maximum Gasteiger partial charge on any atom is 0.243 e. The van der Waals surface area contributed by atoms with Gasteiger partial charge in [0, 0.05) is 18.9 Å². The number of benzene rings is 1. The molecular weight excluding hydrogens is 312 g/mol. The van der Waals surface area contributed by atoms with Gasteiger partial charge in [-0.15, -0.1) is 0 Å². The molecule has 1 aromatic heterocycles. The largest absolute Gasteiger partial charge is 0.489 e. The van der Waals surface area contributed by atoms with Crippen molar-refractivity contribution in [2.24, 2.45) is 0 Å². The number of hydrogen-bond acceptors (Lipinski definition) is 4. The van der Waals surface area contributed by atoms with Gasteiger partial charge < -0.3 is 4.74 Å². The normalized spacial score (nSPS) is 19.0. The van der Waals surface area contributed by atoms with Gasteiger partial charge in [-0.1, -0.05) is 6.07 Å². The minimum Gasteiger partial charge on any atom is -0.489 e. The van der Waals surface area contributed by atoms with Gasteiger partial charge in [-0.2, -0.15) is 4.31 Å². The van der Waals surface area contributed by atoms with E-state index in [4.69, 9.17) is 4.74 Å². The van der Waals surface area contributed by atoms with Crippen LogP contribution < -0.4 is 4.74 Å². The van der Waals surface area contributed by atoms with Crippen molar-refractivity contribution in [1.29, 1.82) is 0 Å². The van der Waals surface area contributed by atoms with E-state index in [0.29, 0.717) is 24.4 Å². The van der Waals surface area contributed by atoms with Crippen LogP contribution in [0, 0.1) is 13.8 Å². The zero-order valence-electron chi connectivity index (χ0n) is 13.3. The van der Waals surface area contributed by atoms with Gasteiger partial charge in [-0.25, -0.2) is 8.42 Å². The summed E-state index contributed by atoms with van der Waals surface area (Å²) >= 11 is 0. The van der Waals surface area contributed by atoms with Crippen LogP contribution in [-0.2, 0) is 10.0 Å². The Balaban J connectivity index is 1.73. The van der Waals surface area contributed by atoms with Crippen molar-refractivity contribution >= 4 is 10.0 Å². The van der Waals surface area contributed by atoms with Gasteiger partial charge in [0.2, 0.25) is 10.0 Å². The Morgan fingerprint density at radius 2 is 1.87 bits per heavy atom. The molecule has 1 aliphatic heterocycles. The van der Waals surface area contributed by atoms with Crippen LogP contribution in [0.2, 0.25) is 0 Å². The first kappa shape index (κ1) is 16.0. The topological polar surface area (TPSA) is 59.5 Å². The van der Waals surface area contributed by atoms with Crippen molar-refractivity contribution in [3.05, 3.63) is 53.9 Å². The van der Waals surface area contributed by atoms with Gasteiger partial charge in [0.25, 0.3) is 0 Å². The molecule has 1 atom stereocenters. The number of rotatable bonds is 4. The average molecular weight is 332 g/mol. The van der Waals surface area contributed by atoms with Crippen LogP contribution in [0.3, 0.4) is 0 Å². The molecule has 1 saturated heterocycles. The van der Waals surface area contributed by atoms with Crippen molar-refractivity contribution in [2.45, 2.75) is 31.3 Å². The van der Waals surface area contributed by atoms with Crippen LogP contribution in [0.4, 0.5) is 0 Å². The van der Waals surface area contributed by atoms with Gasteiger partial charge in [-0.3, -0.25) is 4.98 Å². The van der Waals surface area contributed by atoms with Crippen LogP contribution in [0.25, 0.3) is 0 Å². The van der Waals surface area contributed by atoms with E-state index in [2.05, 4.69) is 4.98 Å². The summed E-state index contributed by atoms with van der Waals surface area (Å²) < 4.78 is 32.8. The smallest absolute Gasteiger partial charge is 0.243 e. The highest BCUT2D eigenvalue weighted by Crippen LogP contribution is 2.25. The Hall–Kier alpha value is -1.92. The predicted octanol–water partition coefficient (Wildman–Crippen LogP) is 2.54. The second-order valence-electron chi connectivity index (χ2n) is 5.82. The maximum absolute atomic E-state index is 12.8. The zero-order chi connectivity index (χ0) is 16.4. The highest BCUT2D eigenvalue weighted by Gasteiger charge is 2.33. The number of pyridine rings is 1. The van der Waals surface area contributed by atoms with Gasteiger partial charge in [0.05, 0.1) is 11.4 Å². The molecule has 2 heterocycles. The van der Waals surface area contributed by atoms with Crippen molar-refractivity contribution in [3.8, 4) is 5.75 Å². The molecule has 0 radical (unpaired) electrons. The molecule has 2 aromatic rings. The number of sulfonamides is 1. The van der Waals surface area contributed by atoms with Crippen LogP contribution in [-0.4, -0.2) is 36.9 Å². The SMILES string of the molecule is Cc1ccc(S(=O)(=O)N2CC[C@H](Oc3ccncc3)C2)cc1C. The number of hydrogen-bond donors (Lipinski definition) is 0. The molecule has 6 heteroatoms. The first-order valence-corrected chi connectivity index (χ1v) is 9.05. The summed E-state index contributed by atoms with van der Waals surface area (Å²) in [5, 5.41) is 0. The molecule has 0 N–H and O–H groups in total. The summed E-state index contributed by atoms with van der Waals surface area (Å²) in [5.74, 6) is 0.718. The van der Waals surface area contributed by atoms with E-state index in [1.54, 1.807) is 36.7 Å². The summed E-state index contributed by atoms with van der Waals surface area (Å²) in [7, 11) is -3.46. The van der Waals surface area contributed by atoms with E-state index in [9.17, 15) is 8.42 Å². The second kappa shape index (κ2) is 6.29. The third kappa shape index (κ3) is 3.38. The van der Waals surface area contributed by atoms with E-state index in [1.807, 2.05) is 19.9 Å². The fourth-order valence-corrected chi connectivity index (χ4v) is 4.22. The molecule has 0 bridgehead atoms. The lowest BCUT2D eigenvalue weighted by Gasteiger charge is -2.18. The molecule has 0 spiro atoms. The average Bonchev–Trinajstić information content (AvgIpc) is 3.00. The number of aromatic nitrogens is 1. The molecule has 0 saturated carbocycles. The summed E-state index contributed by atoms with van der Waals surface area (Å²) in [5.41, 5.74) is 2.07. The minimum atomic E-state index is -3.46. The van der Waals surface area contributed by atoms with Crippen molar-refractivity contribution in [1.82, 2.24) is 9.29 Å². The Bertz CT molecular complexity index is 791. The molecule has 1 fully saturated rings. The van der Waals surface area contributed by atoms with E-state index in [0.717, 1.165) is 16.9 Å². The monoisotopic (exact) mass is 332 g/mol. The maximum atomic E-state index is 12.8. The summed E-state index contributed by atoms with van der Waals surface area (Å²) in [6.45, 7) is 4.75. The van der Waals surface area contributed by atoms with E-state index >= 15 is 0 Å². The molecule has 0 unspecified atom stereocenters. The van der Waals surface area contributed by atoms with E-state index < -0.39 is 10.0 Å². The fourth-order valence-electron chi connectivity index (χ4n) is 2.64. The van der Waals surface area contributed by atoms with Crippen LogP contribution in [0.5, 0.6) is 5.75 Å². The minimum absolute atomic E-state index is 0.126. The first-order valence-electron chi connectivity index (χ1n) is 7.61. The molecule has 3 rings (SSSR count). The summed E-state index contributed by atoms with van der Waals surface area (Å²) in [6.07, 6.45) is 3.88. The van der Waals surface area contributed by atoms with Crippen LogP contribution in [0.15, 0.2) is 47.6 Å². The van der Waals surface area contributed by atoms with Gasteiger partial charge in [0.1, 0.15) is 11.9 Å². The van der Waals surface area contributed by atoms with Crippen LogP contribution in [0.1, 0.15) is 17.5 Å². The Morgan fingerprint density at radius 1 is 1.13 bits per heavy atom. The van der Waals surface area contributed by atoms with Gasteiger partial charge >= 0.3 is 0 Å². The summed E-state index contributed by atoms with van der Waals surface area (Å²) in [4.78, 5) is 4.29. The standard InChI is InChI=1S/C17H20N2O3S/c1-13-3-4-17(11-14(13)2)23(20,21)19-10-7-16(12-19)22-15-5-8-18-9-6-15/h3-6,8-9,11,16H,7,10,12H2,1-2H3/t16-/m0/s1. The van der Waals surface area contributed by atoms with E-state index in [1.165, 1.54) is 4.31 Å². The predicted molar refractivity (Wildman–Crippen MR) is 87.9 cm³/mol. The van der Waals surface area contributed by atoms with Crippen molar-refractivity contribution in [3.63, 3.8) is 0 Å². The lowest BCUT2D eigenvalue weighted by atomic mass is 10.1. The number of aryl methyl sites for hydroxylation is 2. The molecule has 1 aromatic carbocycles. The van der Waals surface area contributed by atoms with Gasteiger partial charge in [-0.05, 0) is 55.7 Å². The summed E-state index contributed by atoms with van der Waals surface area (Å²) in [6, 6.07) is 8.82. The second-order valence-corrected chi connectivity index (χ2v) is 7.76. The highest BCUT2D eigenvalue weighted by atomic mass is 32.2. The molecule has 122 valence electrons. The Labute approximate surface area is 137 Å². The third-order valence-electron chi connectivity index (χ3n) is 4.18. The number of nitrogens with zero attached hydrogens (tertiary/aromatic N) is 2. The molecule has 23 heavy (non-hydrogen) atoms. The van der Waals surface area contributed by atoms with Crippen LogP contribution >= 0.6 is 0 Å². The Kier molecular flexibility index (Phi) is 4.37. The molecule has 0 amide bonds. The van der Waals surface area contributed by atoms with E-state index in [-0.39, 0.29) is 6.10 Å². The fraction of sp³-hybridized carbons (Fsp3) is 0.353. The van der Waals surface area contributed by atoms with Gasteiger partial charge in [0.15, 0.2) is 0 Å². The third-order valence-corrected chi connectivity index (χ3v) is 6.04. The first-order chi connectivity index (χ1) is 11.0. The quantitative estimate of drug-likeness (QED) is 0.863. The number of ether oxygens (including phenoxy) is 1. The highest BCUT2D eigenvalue weighted by molar-refractivity contribution is 7.89. The molecule has 0 aliphatic carbocycles. The van der Waals surface area contributed by atoms with Crippen molar-refractivity contribution in [2.75, 3.05) is 13.1 Å². The molecular formula is C17H20N2O3S. The van der Waals surface area contributed by atoms with Crippen molar-refractivity contribution < 1.29 is 13.2 Å². The molecule has 5 nitrogen and oxygen atoms in total. The molecule has 1 aliphatic rings. The zero-order valence-corrected chi connectivity index (χ0v) is 14.1.